The Morgan fingerprint density at radius 3 is 2.70 bits per heavy atom. The SMILES string of the molecule is CCc1nc2nc(Nc3ccccc3)[nH]n2c(=O)c1C. The molecule has 2 N–H and O–H groups in total. The average Bonchev–Trinajstić information content (AvgIpc) is 2.86. The van der Waals surface area contributed by atoms with Crippen LogP contribution >= 0.6 is 0 Å². The lowest BCUT2D eigenvalue weighted by Gasteiger charge is -2.00. The number of nitrogens with zero attached hydrogens (tertiary/aromatic N) is 3. The summed E-state index contributed by atoms with van der Waals surface area (Å²) in [5, 5.41) is 6.04. The summed E-state index contributed by atoms with van der Waals surface area (Å²) in [5.74, 6) is 0.879. The Labute approximate surface area is 115 Å². The van der Waals surface area contributed by atoms with Gasteiger partial charge in [-0.25, -0.2) is 4.98 Å². The van der Waals surface area contributed by atoms with Crippen molar-refractivity contribution >= 4 is 17.4 Å². The zero-order valence-electron chi connectivity index (χ0n) is 11.3. The van der Waals surface area contributed by atoms with Crippen molar-refractivity contribution in [1.82, 2.24) is 19.6 Å². The molecule has 0 spiro atoms. The Morgan fingerprint density at radius 1 is 1.25 bits per heavy atom. The third-order valence-electron chi connectivity index (χ3n) is 3.19. The standard InChI is InChI=1S/C14H15N5O/c1-3-11-9(2)12(20)19-14(16-11)17-13(18-19)15-10-7-5-4-6-8-10/h4-8H,3H2,1-2H3,(H2,15,16,17,18). The fourth-order valence-electron chi connectivity index (χ4n) is 2.10. The summed E-state index contributed by atoms with van der Waals surface area (Å²) in [5.41, 5.74) is 2.22. The molecule has 0 unspecified atom stereocenters. The number of fused-ring (bicyclic) bond motifs is 1. The fourth-order valence-corrected chi connectivity index (χ4v) is 2.10. The van der Waals surface area contributed by atoms with Crippen molar-refractivity contribution in [2.75, 3.05) is 5.32 Å². The van der Waals surface area contributed by atoms with Crippen molar-refractivity contribution in [1.29, 1.82) is 0 Å². The van der Waals surface area contributed by atoms with Crippen molar-refractivity contribution < 1.29 is 0 Å². The van der Waals surface area contributed by atoms with Gasteiger partial charge in [0.25, 0.3) is 11.3 Å². The molecule has 2 heterocycles. The van der Waals surface area contributed by atoms with E-state index in [1.54, 1.807) is 6.92 Å². The zero-order valence-corrected chi connectivity index (χ0v) is 11.3. The van der Waals surface area contributed by atoms with Gasteiger partial charge in [-0.15, -0.1) is 0 Å². The molecule has 2 aromatic heterocycles. The van der Waals surface area contributed by atoms with Gasteiger partial charge in [0.1, 0.15) is 0 Å². The minimum absolute atomic E-state index is 0.111. The van der Waals surface area contributed by atoms with Crippen molar-refractivity contribution in [2.24, 2.45) is 0 Å². The molecule has 6 heteroatoms. The van der Waals surface area contributed by atoms with Crippen LogP contribution in [-0.2, 0) is 6.42 Å². The molecule has 1 aromatic carbocycles. The highest BCUT2D eigenvalue weighted by molar-refractivity contribution is 5.54. The molecular formula is C14H15N5O. The van der Waals surface area contributed by atoms with Gasteiger partial charge >= 0.3 is 0 Å². The first-order chi connectivity index (χ1) is 9.69. The smallest absolute Gasteiger partial charge is 0.277 e. The summed E-state index contributed by atoms with van der Waals surface area (Å²) in [6.07, 6.45) is 0.714. The number of aromatic amines is 1. The maximum Gasteiger partial charge on any atom is 0.277 e. The first-order valence-electron chi connectivity index (χ1n) is 6.49. The third kappa shape index (κ3) is 2.05. The van der Waals surface area contributed by atoms with E-state index < -0.39 is 0 Å². The van der Waals surface area contributed by atoms with Crippen LogP contribution in [0.3, 0.4) is 0 Å². The Bertz CT molecular complexity index is 804. The first kappa shape index (κ1) is 12.4. The van der Waals surface area contributed by atoms with Gasteiger partial charge in [-0.1, -0.05) is 25.1 Å². The molecule has 0 aliphatic carbocycles. The number of hydrogen-bond donors (Lipinski definition) is 2. The molecule has 0 amide bonds. The number of nitrogens with one attached hydrogen (secondary N) is 2. The van der Waals surface area contributed by atoms with Gasteiger partial charge in [-0.3, -0.25) is 9.89 Å². The summed E-state index contributed by atoms with van der Waals surface area (Å²) >= 11 is 0. The van der Waals surface area contributed by atoms with Crippen LogP contribution < -0.4 is 10.9 Å². The number of aryl methyl sites for hydroxylation is 1. The number of hydrogen-bond acceptors (Lipinski definition) is 4. The Kier molecular flexibility index (Phi) is 2.98. The van der Waals surface area contributed by atoms with E-state index in [2.05, 4.69) is 20.4 Å². The van der Waals surface area contributed by atoms with Crippen LogP contribution in [0, 0.1) is 6.92 Å². The molecule has 6 nitrogen and oxygen atoms in total. The van der Waals surface area contributed by atoms with E-state index in [0.717, 1.165) is 11.4 Å². The van der Waals surface area contributed by atoms with Crippen molar-refractivity contribution in [2.45, 2.75) is 20.3 Å². The summed E-state index contributed by atoms with van der Waals surface area (Å²) in [7, 11) is 0. The second kappa shape index (κ2) is 4.80. The second-order valence-corrected chi connectivity index (χ2v) is 4.54. The lowest BCUT2D eigenvalue weighted by Crippen LogP contribution is -2.20. The fraction of sp³-hybridized carbons (Fsp3) is 0.214. The highest BCUT2D eigenvalue weighted by atomic mass is 16.1. The van der Waals surface area contributed by atoms with Crippen LogP contribution in [0.1, 0.15) is 18.2 Å². The van der Waals surface area contributed by atoms with Gasteiger partial charge in [0.2, 0.25) is 5.95 Å². The maximum absolute atomic E-state index is 12.2. The van der Waals surface area contributed by atoms with Gasteiger partial charge in [-0.2, -0.15) is 9.50 Å². The quantitative estimate of drug-likeness (QED) is 0.763. The van der Waals surface area contributed by atoms with Crippen LogP contribution in [-0.4, -0.2) is 19.6 Å². The lowest BCUT2D eigenvalue weighted by atomic mass is 10.2. The monoisotopic (exact) mass is 269 g/mol. The van der Waals surface area contributed by atoms with Crippen LogP contribution in [0.5, 0.6) is 0 Å². The Morgan fingerprint density at radius 2 is 2.00 bits per heavy atom. The number of H-pyrrole nitrogens is 1. The van der Waals surface area contributed by atoms with E-state index in [9.17, 15) is 4.79 Å². The lowest BCUT2D eigenvalue weighted by molar-refractivity contribution is 0.857. The van der Waals surface area contributed by atoms with Crippen molar-refractivity contribution in [3.63, 3.8) is 0 Å². The number of anilines is 2. The van der Waals surface area contributed by atoms with Crippen LogP contribution in [0.15, 0.2) is 35.1 Å². The molecule has 0 radical (unpaired) electrons. The molecule has 20 heavy (non-hydrogen) atoms. The number of aromatic nitrogens is 4. The van der Waals surface area contributed by atoms with Crippen LogP contribution in [0.2, 0.25) is 0 Å². The van der Waals surface area contributed by atoms with E-state index >= 15 is 0 Å². The van der Waals surface area contributed by atoms with Crippen LogP contribution in [0.25, 0.3) is 5.78 Å². The van der Waals surface area contributed by atoms with Gasteiger partial charge in [-0.05, 0) is 25.5 Å². The van der Waals surface area contributed by atoms with Gasteiger partial charge in [0.05, 0.1) is 5.69 Å². The van der Waals surface area contributed by atoms with Gasteiger partial charge in [0, 0.05) is 11.3 Å². The Hall–Kier alpha value is -2.63. The van der Waals surface area contributed by atoms with Gasteiger partial charge in [0.15, 0.2) is 0 Å². The molecule has 0 bridgehead atoms. The Balaban J connectivity index is 2.07. The molecule has 0 aliphatic heterocycles. The molecule has 3 aromatic rings. The number of para-hydroxylation sites is 1. The van der Waals surface area contributed by atoms with Crippen LogP contribution in [0.4, 0.5) is 11.6 Å². The minimum atomic E-state index is -0.111. The van der Waals surface area contributed by atoms with E-state index in [1.165, 1.54) is 4.52 Å². The number of rotatable bonds is 3. The molecule has 102 valence electrons. The zero-order chi connectivity index (χ0) is 14.1. The van der Waals surface area contributed by atoms with E-state index in [4.69, 9.17) is 0 Å². The highest BCUT2D eigenvalue weighted by Gasteiger charge is 2.11. The predicted molar refractivity (Wildman–Crippen MR) is 77.4 cm³/mol. The normalized spacial score (nSPS) is 10.9. The predicted octanol–water partition coefficient (Wildman–Crippen LogP) is 2.03. The molecule has 0 aliphatic rings. The van der Waals surface area contributed by atoms with Gasteiger partial charge < -0.3 is 5.32 Å². The van der Waals surface area contributed by atoms with Crippen molar-refractivity contribution in [3.8, 4) is 0 Å². The maximum atomic E-state index is 12.2. The second-order valence-electron chi connectivity index (χ2n) is 4.54. The number of benzene rings is 1. The third-order valence-corrected chi connectivity index (χ3v) is 3.19. The molecular weight excluding hydrogens is 254 g/mol. The topological polar surface area (TPSA) is 75.1 Å². The molecule has 0 fully saturated rings. The highest BCUT2D eigenvalue weighted by Crippen LogP contribution is 2.12. The molecule has 0 saturated carbocycles. The summed E-state index contributed by atoms with van der Waals surface area (Å²) < 4.78 is 1.36. The average molecular weight is 269 g/mol. The summed E-state index contributed by atoms with van der Waals surface area (Å²) in [4.78, 5) is 20.9. The summed E-state index contributed by atoms with van der Waals surface area (Å²) in [6.45, 7) is 3.76. The van der Waals surface area contributed by atoms with E-state index in [-0.39, 0.29) is 5.56 Å². The summed E-state index contributed by atoms with van der Waals surface area (Å²) in [6, 6.07) is 9.63. The van der Waals surface area contributed by atoms with E-state index in [0.29, 0.717) is 23.7 Å². The largest absolute Gasteiger partial charge is 0.325 e. The minimum Gasteiger partial charge on any atom is -0.325 e. The molecule has 0 atom stereocenters. The molecule has 0 saturated heterocycles. The first-order valence-corrected chi connectivity index (χ1v) is 6.49. The van der Waals surface area contributed by atoms with Crippen molar-refractivity contribution in [3.05, 3.63) is 51.9 Å². The molecule has 3 rings (SSSR count). The van der Waals surface area contributed by atoms with E-state index in [1.807, 2.05) is 37.3 Å².